The van der Waals surface area contributed by atoms with Crippen LogP contribution < -0.4 is 11.1 Å². The largest absolute Gasteiger partial charge is 0.478 e. The van der Waals surface area contributed by atoms with E-state index in [9.17, 15) is 4.79 Å². The Kier molecular flexibility index (Phi) is 3.24. The molecular formula is C11H11N3O2S. The van der Waals surface area contributed by atoms with Crippen LogP contribution in [0.2, 0.25) is 0 Å². The molecule has 6 heteroatoms. The Morgan fingerprint density at radius 2 is 2.35 bits per heavy atom. The minimum absolute atomic E-state index is 0.208. The number of carboxylic acids is 1. The number of thiazole rings is 1. The number of nitrogens with two attached hydrogens (primary N) is 1. The number of nitrogen functional groups attached to an aromatic ring is 1. The number of aromatic nitrogens is 1. The Balaban J connectivity index is 2.14. The fourth-order valence-corrected chi connectivity index (χ4v) is 1.91. The Bertz CT molecular complexity index is 526. The third kappa shape index (κ3) is 2.73. The zero-order valence-corrected chi connectivity index (χ0v) is 9.70. The van der Waals surface area contributed by atoms with Crippen molar-refractivity contribution in [1.29, 1.82) is 0 Å². The second kappa shape index (κ2) is 4.84. The molecule has 1 aromatic heterocycles. The van der Waals surface area contributed by atoms with Crippen LogP contribution in [-0.2, 0) is 6.54 Å². The molecule has 88 valence electrons. The van der Waals surface area contributed by atoms with E-state index in [1.807, 2.05) is 5.38 Å². The second-order valence-corrected chi connectivity index (χ2v) is 4.16. The number of hydrogen-bond acceptors (Lipinski definition) is 5. The lowest BCUT2D eigenvalue weighted by Crippen LogP contribution is -2.05. The van der Waals surface area contributed by atoms with Gasteiger partial charge < -0.3 is 16.2 Å². The lowest BCUT2D eigenvalue weighted by atomic mass is 10.1. The zero-order chi connectivity index (χ0) is 12.3. The van der Waals surface area contributed by atoms with E-state index in [2.05, 4.69) is 10.3 Å². The minimum Gasteiger partial charge on any atom is -0.478 e. The highest BCUT2D eigenvalue weighted by Crippen LogP contribution is 2.20. The molecule has 2 aromatic rings. The Morgan fingerprint density at radius 3 is 3.00 bits per heavy atom. The van der Waals surface area contributed by atoms with Gasteiger partial charge in [-0.25, -0.2) is 9.78 Å². The van der Waals surface area contributed by atoms with Gasteiger partial charge in [0.1, 0.15) is 0 Å². The summed E-state index contributed by atoms with van der Waals surface area (Å²) in [5, 5.41) is 13.9. The summed E-state index contributed by atoms with van der Waals surface area (Å²) >= 11 is 1.51. The predicted octanol–water partition coefficient (Wildman–Crippen LogP) is 2.04. The molecule has 0 amide bonds. The van der Waals surface area contributed by atoms with Crippen LogP contribution in [0.1, 0.15) is 16.1 Å². The van der Waals surface area contributed by atoms with Crippen molar-refractivity contribution in [2.75, 3.05) is 11.1 Å². The van der Waals surface area contributed by atoms with E-state index >= 15 is 0 Å². The number of nitrogens with one attached hydrogen (secondary N) is 1. The second-order valence-electron chi connectivity index (χ2n) is 3.44. The molecule has 17 heavy (non-hydrogen) atoms. The van der Waals surface area contributed by atoms with Gasteiger partial charge in [0.15, 0.2) is 0 Å². The van der Waals surface area contributed by atoms with Gasteiger partial charge in [0.25, 0.3) is 0 Å². The number of carbonyl (C=O) groups is 1. The van der Waals surface area contributed by atoms with E-state index in [4.69, 9.17) is 10.8 Å². The molecule has 0 unspecified atom stereocenters. The molecule has 2 rings (SSSR count). The maximum absolute atomic E-state index is 10.8. The number of anilines is 2. The SMILES string of the molecule is Nc1ccc(C(=O)O)cc1NCc1cscn1. The summed E-state index contributed by atoms with van der Waals surface area (Å²) in [5.74, 6) is -0.971. The molecule has 0 spiro atoms. The van der Waals surface area contributed by atoms with Gasteiger partial charge >= 0.3 is 5.97 Å². The first-order chi connectivity index (χ1) is 8.16. The van der Waals surface area contributed by atoms with Gasteiger partial charge in [-0.2, -0.15) is 0 Å². The van der Waals surface area contributed by atoms with Crippen molar-refractivity contribution >= 4 is 28.7 Å². The quantitative estimate of drug-likeness (QED) is 0.721. The van der Waals surface area contributed by atoms with Crippen LogP contribution >= 0.6 is 11.3 Å². The highest BCUT2D eigenvalue weighted by molar-refractivity contribution is 7.07. The first kappa shape index (κ1) is 11.4. The molecule has 0 atom stereocenters. The molecule has 4 N–H and O–H groups in total. The van der Waals surface area contributed by atoms with Gasteiger partial charge in [-0.3, -0.25) is 0 Å². The number of hydrogen-bond donors (Lipinski definition) is 3. The molecule has 0 fully saturated rings. The summed E-state index contributed by atoms with van der Waals surface area (Å²) in [7, 11) is 0. The molecule has 0 aliphatic heterocycles. The minimum atomic E-state index is -0.971. The number of benzene rings is 1. The molecule has 1 heterocycles. The molecule has 5 nitrogen and oxygen atoms in total. The monoisotopic (exact) mass is 249 g/mol. The van der Waals surface area contributed by atoms with Crippen molar-refractivity contribution in [3.8, 4) is 0 Å². The summed E-state index contributed by atoms with van der Waals surface area (Å²) in [6.45, 7) is 0.525. The predicted molar refractivity (Wildman–Crippen MR) is 67.3 cm³/mol. The van der Waals surface area contributed by atoms with Gasteiger partial charge in [-0.05, 0) is 18.2 Å². The maximum Gasteiger partial charge on any atom is 0.335 e. The summed E-state index contributed by atoms with van der Waals surface area (Å²) in [6, 6.07) is 4.57. The molecule has 1 aromatic carbocycles. The van der Waals surface area contributed by atoms with Crippen molar-refractivity contribution in [1.82, 2.24) is 4.98 Å². The first-order valence-corrected chi connectivity index (χ1v) is 5.85. The van der Waals surface area contributed by atoms with Crippen LogP contribution in [-0.4, -0.2) is 16.1 Å². The van der Waals surface area contributed by atoms with E-state index in [-0.39, 0.29) is 5.56 Å². The Hall–Kier alpha value is -2.08. The average molecular weight is 249 g/mol. The molecule has 0 aliphatic rings. The Labute approximate surface area is 102 Å². The summed E-state index contributed by atoms with van der Waals surface area (Å²) in [6.07, 6.45) is 0. The summed E-state index contributed by atoms with van der Waals surface area (Å²) < 4.78 is 0. The smallest absolute Gasteiger partial charge is 0.335 e. The summed E-state index contributed by atoms with van der Waals surface area (Å²) in [4.78, 5) is 14.9. The van der Waals surface area contributed by atoms with Gasteiger partial charge in [0.05, 0.1) is 34.7 Å². The van der Waals surface area contributed by atoms with Gasteiger partial charge in [0, 0.05) is 5.38 Å². The van der Waals surface area contributed by atoms with E-state index in [1.54, 1.807) is 11.6 Å². The van der Waals surface area contributed by atoms with Crippen molar-refractivity contribution in [2.24, 2.45) is 0 Å². The normalized spacial score (nSPS) is 10.1. The highest BCUT2D eigenvalue weighted by Gasteiger charge is 2.06. The molecule has 0 bridgehead atoms. The molecular weight excluding hydrogens is 238 g/mol. The third-order valence-corrected chi connectivity index (χ3v) is 2.88. The fourth-order valence-electron chi connectivity index (χ4n) is 1.35. The summed E-state index contributed by atoms with van der Waals surface area (Å²) in [5.41, 5.74) is 9.73. The zero-order valence-electron chi connectivity index (χ0n) is 8.88. The topological polar surface area (TPSA) is 88.2 Å². The fraction of sp³-hybridized carbons (Fsp3) is 0.0909. The Morgan fingerprint density at radius 1 is 1.53 bits per heavy atom. The lowest BCUT2D eigenvalue weighted by Gasteiger charge is -2.08. The van der Waals surface area contributed by atoms with Crippen molar-refractivity contribution < 1.29 is 9.90 Å². The van der Waals surface area contributed by atoms with E-state index in [1.165, 1.54) is 23.5 Å². The lowest BCUT2D eigenvalue weighted by molar-refractivity contribution is 0.0697. The number of carboxylic acid groups (broad SMARTS) is 1. The van der Waals surface area contributed by atoms with Crippen LogP contribution in [0.4, 0.5) is 11.4 Å². The van der Waals surface area contributed by atoms with Crippen LogP contribution in [0, 0.1) is 0 Å². The molecule has 0 saturated carbocycles. The van der Waals surface area contributed by atoms with Gasteiger partial charge in [0.2, 0.25) is 0 Å². The number of nitrogens with zero attached hydrogens (tertiary/aromatic N) is 1. The van der Waals surface area contributed by atoms with Crippen LogP contribution in [0.5, 0.6) is 0 Å². The van der Waals surface area contributed by atoms with E-state index in [0.29, 0.717) is 17.9 Å². The average Bonchev–Trinajstić information content (AvgIpc) is 2.80. The highest BCUT2D eigenvalue weighted by atomic mass is 32.1. The number of aromatic carboxylic acids is 1. The standard InChI is InChI=1S/C11H11N3O2S/c12-9-2-1-7(11(15)16)3-10(9)13-4-8-5-17-6-14-8/h1-3,5-6,13H,4,12H2,(H,15,16). The molecule has 0 saturated heterocycles. The molecule has 0 radical (unpaired) electrons. The van der Waals surface area contributed by atoms with Crippen LogP contribution in [0.25, 0.3) is 0 Å². The van der Waals surface area contributed by atoms with Crippen molar-refractivity contribution in [3.05, 3.63) is 40.3 Å². The maximum atomic E-state index is 10.8. The number of rotatable bonds is 4. The van der Waals surface area contributed by atoms with Crippen LogP contribution in [0.15, 0.2) is 29.1 Å². The van der Waals surface area contributed by atoms with E-state index in [0.717, 1.165) is 5.69 Å². The van der Waals surface area contributed by atoms with Crippen molar-refractivity contribution in [2.45, 2.75) is 6.54 Å². The van der Waals surface area contributed by atoms with Crippen LogP contribution in [0.3, 0.4) is 0 Å². The third-order valence-electron chi connectivity index (χ3n) is 2.24. The molecule has 0 aliphatic carbocycles. The van der Waals surface area contributed by atoms with Gasteiger partial charge in [-0.15, -0.1) is 11.3 Å². The van der Waals surface area contributed by atoms with Gasteiger partial charge in [-0.1, -0.05) is 0 Å². The first-order valence-electron chi connectivity index (χ1n) is 4.90. The van der Waals surface area contributed by atoms with Crippen molar-refractivity contribution in [3.63, 3.8) is 0 Å². The van der Waals surface area contributed by atoms with E-state index < -0.39 is 5.97 Å².